The number of hydrogen-bond acceptors (Lipinski definition) is 4. The van der Waals surface area contributed by atoms with Crippen molar-refractivity contribution >= 4 is 11.6 Å². The number of hydrogen-bond donors (Lipinski definition) is 1. The second kappa shape index (κ2) is 7.17. The van der Waals surface area contributed by atoms with Crippen molar-refractivity contribution in [1.29, 1.82) is 0 Å². The first-order valence-corrected chi connectivity index (χ1v) is 7.01. The number of nitrogens with zero attached hydrogens (tertiary/aromatic N) is 2. The van der Waals surface area contributed by atoms with Crippen molar-refractivity contribution in [2.45, 2.75) is 27.2 Å². The predicted molar refractivity (Wildman–Crippen MR) is 81.9 cm³/mol. The van der Waals surface area contributed by atoms with Crippen LogP contribution in [0, 0.1) is 15.5 Å². The SMILES string of the molecule is CCN(CC(C)(C)CN)C(=O)Cc1ccccc1[N+](=O)[O-]. The van der Waals surface area contributed by atoms with E-state index in [2.05, 4.69) is 0 Å². The van der Waals surface area contributed by atoms with Crippen LogP contribution in [0.2, 0.25) is 0 Å². The standard InChI is InChI=1S/C15H23N3O3/c1-4-17(11-15(2,3)10-16)14(19)9-12-7-5-6-8-13(12)18(20)21/h5-8H,4,9-11,16H2,1-3H3. The van der Waals surface area contributed by atoms with Crippen LogP contribution in [0.3, 0.4) is 0 Å². The lowest BCUT2D eigenvalue weighted by atomic mass is 9.93. The van der Waals surface area contributed by atoms with E-state index in [1.807, 2.05) is 20.8 Å². The van der Waals surface area contributed by atoms with Gasteiger partial charge in [0.15, 0.2) is 0 Å². The van der Waals surface area contributed by atoms with E-state index in [-0.39, 0.29) is 23.4 Å². The molecule has 0 aliphatic carbocycles. The summed E-state index contributed by atoms with van der Waals surface area (Å²) >= 11 is 0. The molecular formula is C15H23N3O3. The molecule has 1 amide bonds. The van der Waals surface area contributed by atoms with E-state index in [0.29, 0.717) is 25.2 Å². The molecule has 1 aromatic carbocycles. The minimum absolute atomic E-state index is 0.0139. The number of amides is 1. The quantitative estimate of drug-likeness (QED) is 0.614. The fourth-order valence-electron chi connectivity index (χ4n) is 2.07. The van der Waals surface area contributed by atoms with Crippen LogP contribution in [-0.4, -0.2) is 35.4 Å². The van der Waals surface area contributed by atoms with Gasteiger partial charge >= 0.3 is 0 Å². The second-order valence-electron chi connectivity index (χ2n) is 5.84. The van der Waals surface area contributed by atoms with Crippen molar-refractivity contribution in [3.63, 3.8) is 0 Å². The van der Waals surface area contributed by atoms with Gasteiger partial charge < -0.3 is 10.6 Å². The molecule has 0 aliphatic rings. The molecule has 0 fully saturated rings. The molecule has 0 radical (unpaired) electrons. The van der Waals surface area contributed by atoms with Crippen LogP contribution in [0.15, 0.2) is 24.3 Å². The van der Waals surface area contributed by atoms with Crippen molar-refractivity contribution in [3.8, 4) is 0 Å². The number of carbonyl (C=O) groups excluding carboxylic acids is 1. The minimum atomic E-state index is -0.456. The molecule has 0 heterocycles. The molecule has 0 saturated carbocycles. The lowest BCUT2D eigenvalue weighted by molar-refractivity contribution is -0.385. The monoisotopic (exact) mass is 293 g/mol. The van der Waals surface area contributed by atoms with Gasteiger partial charge in [-0.1, -0.05) is 32.0 Å². The van der Waals surface area contributed by atoms with Crippen LogP contribution in [-0.2, 0) is 11.2 Å². The minimum Gasteiger partial charge on any atom is -0.342 e. The average molecular weight is 293 g/mol. The van der Waals surface area contributed by atoms with Crippen molar-refractivity contribution in [2.24, 2.45) is 11.1 Å². The van der Waals surface area contributed by atoms with Gasteiger partial charge in [0.05, 0.1) is 11.3 Å². The lowest BCUT2D eigenvalue weighted by Gasteiger charge is -2.31. The molecule has 2 N–H and O–H groups in total. The molecule has 21 heavy (non-hydrogen) atoms. The van der Waals surface area contributed by atoms with Crippen LogP contribution in [0.1, 0.15) is 26.3 Å². The summed E-state index contributed by atoms with van der Waals surface area (Å²) in [5.41, 5.74) is 5.95. The summed E-state index contributed by atoms with van der Waals surface area (Å²) in [5, 5.41) is 11.0. The van der Waals surface area contributed by atoms with Gasteiger partial charge in [-0.2, -0.15) is 0 Å². The Morgan fingerprint density at radius 1 is 1.38 bits per heavy atom. The van der Waals surface area contributed by atoms with Crippen LogP contribution >= 0.6 is 0 Å². The first-order chi connectivity index (χ1) is 9.80. The first-order valence-electron chi connectivity index (χ1n) is 7.01. The molecule has 0 aromatic heterocycles. The molecule has 0 saturated heterocycles. The summed E-state index contributed by atoms with van der Waals surface area (Å²) in [6, 6.07) is 6.34. The summed E-state index contributed by atoms with van der Waals surface area (Å²) in [6.07, 6.45) is 0.0334. The Morgan fingerprint density at radius 3 is 2.52 bits per heavy atom. The zero-order valence-electron chi connectivity index (χ0n) is 12.8. The number of rotatable bonds is 7. The molecule has 116 valence electrons. The molecule has 0 unspecified atom stereocenters. The Hall–Kier alpha value is -1.95. The van der Waals surface area contributed by atoms with Gasteiger partial charge in [0.25, 0.3) is 5.69 Å². The number of likely N-dealkylation sites (N-methyl/N-ethyl adjacent to an activating group) is 1. The van der Waals surface area contributed by atoms with Gasteiger partial charge in [-0.3, -0.25) is 14.9 Å². The van der Waals surface area contributed by atoms with E-state index < -0.39 is 4.92 Å². The highest BCUT2D eigenvalue weighted by Crippen LogP contribution is 2.20. The van der Waals surface area contributed by atoms with E-state index in [0.717, 1.165) is 0 Å². The maximum absolute atomic E-state index is 12.4. The Bertz CT molecular complexity index is 515. The van der Waals surface area contributed by atoms with E-state index in [9.17, 15) is 14.9 Å². The fourth-order valence-corrected chi connectivity index (χ4v) is 2.07. The summed E-state index contributed by atoms with van der Waals surface area (Å²) < 4.78 is 0. The van der Waals surface area contributed by atoms with Crippen LogP contribution < -0.4 is 5.73 Å². The highest BCUT2D eigenvalue weighted by molar-refractivity contribution is 5.80. The number of carbonyl (C=O) groups is 1. The van der Waals surface area contributed by atoms with Crippen molar-refractivity contribution in [1.82, 2.24) is 4.90 Å². The predicted octanol–water partition coefficient (Wildman–Crippen LogP) is 1.97. The number of nitrogens with two attached hydrogens (primary N) is 1. The van der Waals surface area contributed by atoms with Crippen LogP contribution in [0.25, 0.3) is 0 Å². The van der Waals surface area contributed by atoms with Gasteiger partial charge in [0.1, 0.15) is 0 Å². The average Bonchev–Trinajstić information content (AvgIpc) is 2.45. The van der Waals surface area contributed by atoms with E-state index in [4.69, 9.17) is 5.73 Å². The third kappa shape index (κ3) is 4.82. The molecule has 1 rings (SSSR count). The zero-order valence-corrected chi connectivity index (χ0v) is 12.8. The van der Waals surface area contributed by atoms with E-state index in [1.165, 1.54) is 6.07 Å². The molecule has 0 bridgehead atoms. The molecule has 6 heteroatoms. The molecule has 0 spiro atoms. The number of nitro groups is 1. The fraction of sp³-hybridized carbons (Fsp3) is 0.533. The Morgan fingerprint density at radius 2 is 2.00 bits per heavy atom. The third-order valence-electron chi connectivity index (χ3n) is 3.44. The van der Waals surface area contributed by atoms with Crippen LogP contribution in [0.5, 0.6) is 0 Å². The molecule has 0 atom stereocenters. The summed E-state index contributed by atoms with van der Waals surface area (Å²) in [7, 11) is 0. The van der Waals surface area contributed by atoms with Crippen molar-refractivity contribution in [3.05, 3.63) is 39.9 Å². The molecule has 6 nitrogen and oxygen atoms in total. The maximum Gasteiger partial charge on any atom is 0.273 e. The highest BCUT2D eigenvalue weighted by Gasteiger charge is 2.24. The number of para-hydroxylation sites is 1. The molecule has 1 aromatic rings. The lowest BCUT2D eigenvalue weighted by Crippen LogP contribution is -2.42. The van der Waals surface area contributed by atoms with Gasteiger partial charge in [0.2, 0.25) is 5.91 Å². The molecular weight excluding hydrogens is 270 g/mol. The summed E-state index contributed by atoms with van der Waals surface area (Å²) in [4.78, 5) is 24.6. The topological polar surface area (TPSA) is 89.5 Å². The first kappa shape index (κ1) is 17.1. The van der Waals surface area contributed by atoms with Crippen molar-refractivity contribution in [2.75, 3.05) is 19.6 Å². The maximum atomic E-state index is 12.4. The van der Waals surface area contributed by atoms with Crippen LogP contribution in [0.4, 0.5) is 5.69 Å². The normalized spacial score (nSPS) is 11.2. The number of nitro benzene ring substituents is 1. The van der Waals surface area contributed by atoms with E-state index in [1.54, 1.807) is 23.1 Å². The van der Waals surface area contributed by atoms with Crippen molar-refractivity contribution < 1.29 is 9.72 Å². The second-order valence-corrected chi connectivity index (χ2v) is 5.84. The van der Waals surface area contributed by atoms with Gasteiger partial charge in [0, 0.05) is 24.7 Å². The smallest absolute Gasteiger partial charge is 0.273 e. The zero-order chi connectivity index (χ0) is 16.0. The number of benzene rings is 1. The van der Waals surface area contributed by atoms with Gasteiger partial charge in [-0.25, -0.2) is 0 Å². The summed E-state index contributed by atoms with van der Waals surface area (Å²) in [5.74, 6) is -0.117. The van der Waals surface area contributed by atoms with E-state index >= 15 is 0 Å². The Labute approximate surface area is 125 Å². The highest BCUT2D eigenvalue weighted by atomic mass is 16.6. The third-order valence-corrected chi connectivity index (χ3v) is 3.44. The molecule has 0 aliphatic heterocycles. The summed E-state index contributed by atoms with van der Waals surface area (Å²) in [6.45, 7) is 7.45. The Balaban J connectivity index is 2.86. The van der Waals surface area contributed by atoms with Gasteiger partial charge in [-0.15, -0.1) is 0 Å². The Kier molecular flexibility index (Phi) is 5.84. The largest absolute Gasteiger partial charge is 0.342 e. The van der Waals surface area contributed by atoms with Gasteiger partial charge in [-0.05, 0) is 18.9 Å².